The molecule has 96 valence electrons. The molecule has 1 aromatic carbocycles. The number of amides is 2. The van der Waals surface area contributed by atoms with Crippen LogP contribution in [0.2, 0.25) is 5.02 Å². The quantitative estimate of drug-likeness (QED) is 0.772. The van der Waals surface area contributed by atoms with Crippen molar-refractivity contribution in [2.24, 2.45) is 5.73 Å². The summed E-state index contributed by atoms with van der Waals surface area (Å²) in [5.74, 6) is -0.611. The number of nitrogens with zero attached hydrogens (tertiary/aromatic N) is 1. The van der Waals surface area contributed by atoms with Crippen molar-refractivity contribution in [1.82, 2.24) is 5.32 Å². The van der Waals surface area contributed by atoms with Gasteiger partial charge in [0.05, 0.1) is 6.54 Å². The topological polar surface area (TPSA) is 75.4 Å². The molecule has 0 saturated carbocycles. The number of hydrogen-bond acceptors (Lipinski definition) is 4. The first-order valence-corrected chi connectivity index (χ1v) is 5.99. The highest BCUT2D eigenvalue weighted by Gasteiger charge is 2.31. The first-order valence-electron chi connectivity index (χ1n) is 5.61. The summed E-state index contributed by atoms with van der Waals surface area (Å²) in [4.78, 5) is 24.8. The van der Waals surface area contributed by atoms with Gasteiger partial charge < -0.3 is 10.6 Å². The lowest BCUT2D eigenvalue weighted by Gasteiger charge is -2.34. The summed E-state index contributed by atoms with van der Waals surface area (Å²) in [7, 11) is 0. The molecule has 0 radical (unpaired) electrons. The van der Waals surface area contributed by atoms with Crippen LogP contribution in [0.25, 0.3) is 0 Å². The lowest BCUT2D eigenvalue weighted by molar-refractivity contribution is -0.132. The predicted octanol–water partition coefficient (Wildman–Crippen LogP) is 0.650. The monoisotopic (exact) mass is 267 g/mol. The van der Waals surface area contributed by atoms with Crippen molar-refractivity contribution in [2.75, 3.05) is 11.4 Å². The molecule has 1 heterocycles. The van der Waals surface area contributed by atoms with E-state index < -0.39 is 6.04 Å². The number of halogens is 1. The third-order valence-corrected chi connectivity index (χ3v) is 3.23. The van der Waals surface area contributed by atoms with Gasteiger partial charge in [0, 0.05) is 17.3 Å². The van der Waals surface area contributed by atoms with E-state index in [9.17, 15) is 9.59 Å². The Bertz CT molecular complexity index is 504. The Hall–Kier alpha value is -1.59. The van der Waals surface area contributed by atoms with Crippen molar-refractivity contribution in [3.63, 3.8) is 0 Å². The number of carbonyl (C=O) groups is 2. The van der Waals surface area contributed by atoms with Crippen molar-refractivity contribution in [1.29, 1.82) is 0 Å². The number of anilines is 1. The molecule has 0 aromatic heterocycles. The number of piperazine rings is 1. The van der Waals surface area contributed by atoms with Gasteiger partial charge in [-0.15, -0.1) is 0 Å². The second-order valence-corrected chi connectivity index (χ2v) is 4.63. The fourth-order valence-corrected chi connectivity index (χ4v) is 2.20. The van der Waals surface area contributed by atoms with Gasteiger partial charge in [0.15, 0.2) is 0 Å². The molecule has 1 saturated heterocycles. The van der Waals surface area contributed by atoms with E-state index in [1.54, 1.807) is 30.0 Å². The zero-order valence-corrected chi connectivity index (χ0v) is 10.7. The summed E-state index contributed by atoms with van der Waals surface area (Å²) in [5, 5.41) is 2.88. The molecule has 1 fully saturated rings. The van der Waals surface area contributed by atoms with Crippen LogP contribution in [0.3, 0.4) is 0 Å². The Labute approximate surface area is 110 Å². The maximum atomic E-state index is 11.6. The lowest BCUT2D eigenvalue weighted by atomic mass is 10.1. The fourth-order valence-electron chi connectivity index (χ4n) is 2.01. The standard InChI is InChI=1S/C12H14ClN3O2/c1-7-12(18)15-11(17)6-16(7)10-3-2-9(13)4-8(10)5-14/h2-4,7H,5-6,14H2,1H3,(H,15,17,18). The molecule has 18 heavy (non-hydrogen) atoms. The van der Waals surface area contributed by atoms with Crippen molar-refractivity contribution >= 4 is 29.1 Å². The zero-order chi connectivity index (χ0) is 13.3. The molecule has 6 heteroatoms. The fraction of sp³-hybridized carbons (Fsp3) is 0.333. The molecule has 0 spiro atoms. The van der Waals surface area contributed by atoms with Crippen LogP contribution in [0.5, 0.6) is 0 Å². The highest BCUT2D eigenvalue weighted by molar-refractivity contribution is 6.30. The Balaban J connectivity index is 2.40. The van der Waals surface area contributed by atoms with Crippen LogP contribution in [0.1, 0.15) is 12.5 Å². The number of benzene rings is 1. The normalized spacial score (nSPS) is 19.9. The molecule has 5 nitrogen and oxygen atoms in total. The number of nitrogens with one attached hydrogen (secondary N) is 1. The first-order chi connectivity index (χ1) is 8.52. The van der Waals surface area contributed by atoms with E-state index in [-0.39, 0.29) is 18.4 Å². The summed E-state index contributed by atoms with van der Waals surface area (Å²) >= 11 is 5.91. The SMILES string of the molecule is CC1C(=O)NC(=O)CN1c1ccc(Cl)cc1CN. The highest BCUT2D eigenvalue weighted by Crippen LogP contribution is 2.26. The van der Waals surface area contributed by atoms with Gasteiger partial charge >= 0.3 is 0 Å². The van der Waals surface area contributed by atoms with Crippen molar-refractivity contribution in [2.45, 2.75) is 19.5 Å². The molecule has 1 aliphatic rings. The zero-order valence-electron chi connectivity index (χ0n) is 9.94. The minimum absolute atomic E-state index is 0.140. The summed E-state index contributed by atoms with van der Waals surface area (Å²) in [6.45, 7) is 2.19. The lowest BCUT2D eigenvalue weighted by Crippen LogP contribution is -2.57. The summed E-state index contributed by atoms with van der Waals surface area (Å²) in [6, 6.07) is 4.85. The maximum Gasteiger partial charge on any atom is 0.249 e. The van der Waals surface area contributed by atoms with Crippen LogP contribution in [-0.4, -0.2) is 24.4 Å². The van der Waals surface area contributed by atoms with E-state index >= 15 is 0 Å². The minimum Gasteiger partial charge on any atom is -0.350 e. The summed E-state index contributed by atoms with van der Waals surface area (Å²) in [5.41, 5.74) is 7.26. The molecule has 1 aliphatic heterocycles. The number of hydrogen-bond donors (Lipinski definition) is 2. The molecule has 2 amide bonds. The third kappa shape index (κ3) is 2.32. The first kappa shape index (κ1) is 12.9. The van der Waals surface area contributed by atoms with E-state index in [4.69, 9.17) is 17.3 Å². The molecular formula is C12H14ClN3O2. The van der Waals surface area contributed by atoms with E-state index in [2.05, 4.69) is 5.32 Å². The van der Waals surface area contributed by atoms with Gasteiger partial charge in [0.25, 0.3) is 0 Å². The largest absolute Gasteiger partial charge is 0.350 e. The highest BCUT2D eigenvalue weighted by atomic mass is 35.5. The van der Waals surface area contributed by atoms with Crippen LogP contribution in [-0.2, 0) is 16.1 Å². The van der Waals surface area contributed by atoms with Crippen LogP contribution in [0, 0.1) is 0 Å². The summed E-state index contributed by atoms with van der Waals surface area (Å²) in [6.07, 6.45) is 0. The van der Waals surface area contributed by atoms with Gasteiger partial charge in [-0.05, 0) is 30.7 Å². The number of carbonyl (C=O) groups excluding carboxylic acids is 2. The maximum absolute atomic E-state index is 11.6. The average Bonchev–Trinajstić information content (AvgIpc) is 2.34. The van der Waals surface area contributed by atoms with Gasteiger partial charge in [-0.2, -0.15) is 0 Å². The molecule has 1 aromatic rings. The molecule has 1 unspecified atom stereocenters. The third-order valence-electron chi connectivity index (χ3n) is 2.99. The minimum atomic E-state index is -0.408. The van der Waals surface area contributed by atoms with E-state index in [0.29, 0.717) is 11.6 Å². The Morgan fingerprint density at radius 1 is 1.50 bits per heavy atom. The second kappa shape index (κ2) is 4.96. The molecular weight excluding hydrogens is 254 g/mol. The van der Waals surface area contributed by atoms with E-state index in [0.717, 1.165) is 11.3 Å². The Morgan fingerprint density at radius 2 is 2.22 bits per heavy atom. The van der Waals surface area contributed by atoms with Crippen LogP contribution in [0.15, 0.2) is 18.2 Å². The van der Waals surface area contributed by atoms with Crippen molar-refractivity contribution in [3.05, 3.63) is 28.8 Å². The number of imide groups is 1. The molecule has 2 rings (SSSR count). The molecule has 0 aliphatic carbocycles. The van der Waals surface area contributed by atoms with Gasteiger partial charge in [-0.1, -0.05) is 11.6 Å². The second-order valence-electron chi connectivity index (χ2n) is 4.19. The average molecular weight is 268 g/mol. The van der Waals surface area contributed by atoms with Gasteiger partial charge in [-0.25, -0.2) is 0 Å². The molecule has 0 bridgehead atoms. The summed E-state index contributed by atoms with van der Waals surface area (Å²) < 4.78 is 0. The van der Waals surface area contributed by atoms with Crippen molar-refractivity contribution < 1.29 is 9.59 Å². The number of rotatable bonds is 2. The van der Waals surface area contributed by atoms with E-state index in [1.807, 2.05) is 0 Å². The van der Waals surface area contributed by atoms with Gasteiger partial charge in [0.2, 0.25) is 11.8 Å². The smallest absolute Gasteiger partial charge is 0.249 e. The van der Waals surface area contributed by atoms with Gasteiger partial charge in [0.1, 0.15) is 6.04 Å². The Kier molecular flexibility index (Phi) is 3.54. The van der Waals surface area contributed by atoms with Crippen LogP contribution in [0.4, 0.5) is 5.69 Å². The number of nitrogens with two attached hydrogens (primary N) is 1. The van der Waals surface area contributed by atoms with Gasteiger partial charge in [-0.3, -0.25) is 14.9 Å². The van der Waals surface area contributed by atoms with Crippen molar-refractivity contribution in [3.8, 4) is 0 Å². The molecule has 1 atom stereocenters. The van der Waals surface area contributed by atoms with Crippen LogP contribution >= 0.6 is 11.6 Å². The van der Waals surface area contributed by atoms with E-state index in [1.165, 1.54) is 0 Å². The Morgan fingerprint density at radius 3 is 2.89 bits per heavy atom. The molecule has 3 N–H and O–H groups in total. The van der Waals surface area contributed by atoms with Crippen LogP contribution < -0.4 is 16.0 Å². The predicted molar refractivity (Wildman–Crippen MR) is 69.3 cm³/mol.